The summed E-state index contributed by atoms with van der Waals surface area (Å²) in [6.07, 6.45) is 12.5. The molecule has 306 valence electrons. The predicted octanol–water partition coefficient (Wildman–Crippen LogP) is 11.2. The lowest BCUT2D eigenvalue weighted by atomic mass is 9.69. The number of hydrogen-bond acceptors (Lipinski definition) is 6. The molecular weight excluding hydrogens is 639 g/mol. The van der Waals surface area contributed by atoms with Crippen LogP contribution < -0.4 is 21.7 Å². The van der Waals surface area contributed by atoms with Crippen LogP contribution in [0.5, 0.6) is 0 Å². The molecule has 1 aliphatic heterocycles. The zero-order valence-electron chi connectivity index (χ0n) is 37.5. The van der Waals surface area contributed by atoms with Crippen molar-refractivity contribution in [3.8, 4) is 0 Å². The first-order chi connectivity index (χ1) is 24.3. The third-order valence-corrected chi connectivity index (χ3v) is 10.6. The smallest absolute Gasteiger partial charge is 0.0711 e. The minimum absolute atomic E-state index is 0.0822. The molecule has 6 nitrogen and oxygen atoms in total. The van der Waals surface area contributed by atoms with Gasteiger partial charge in [0.25, 0.3) is 0 Å². The molecule has 4 unspecified atom stereocenters. The van der Waals surface area contributed by atoms with E-state index >= 15 is 0 Å². The van der Waals surface area contributed by atoms with E-state index in [0.717, 1.165) is 54.8 Å². The Morgan fingerprint density at radius 3 is 1.90 bits per heavy atom. The third-order valence-electron chi connectivity index (χ3n) is 10.6. The number of nitrogens with two attached hydrogens (primary N) is 1. The average Bonchev–Trinajstić information content (AvgIpc) is 3.73. The Hall–Kier alpha value is -2.18. The highest BCUT2D eigenvalue weighted by Crippen LogP contribution is 2.53. The highest BCUT2D eigenvalue weighted by Gasteiger charge is 2.55. The molecule has 6 heteroatoms. The number of piperidine rings is 1. The second kappa shape index (κ2) is 26.6. The molecule has 0 spiro atoms. The summed E-state index contributed by atoms with van der Waals surface area (Å²) in [5, 5.41) is 10.2. The number of methoxy groups -OCH3 is 1. The molecule has 0 aromatic rings. The van der Waals surface area contributed by atoms with Crippen LogP contribution >= 0.6 is 0 Å². The standard InChI is InChI=1S/C28H48N4.C9H20O.C4H9N.C3H8.C2H6/c1-9-18(2)15-25(19(3)20(4)29)31-21(5)26-24-16-23(24)17-32(26)22(6)27(30-8)28(7)13-11-10-12-14-28;1-8(2)6-9(3,4)7-10-5;1-4(2)5-3;1-3-2;1-2/h18,23-27,30-31H,3-6,9-17,29H2,1-2,7-8H3;8H,6-7H2,1-5H3;5H,1H2,2-3H3;3H2,1-2H3;1-2H3/t18?,23-,24-,25?,26?,27?;;;;/m0..../s1. The van der Waals surface area contributed by atoms with Gasteiger partial charge < -0.3 is 31.3 Å². The van der Waals surface area contributed by atoms with Gasteiger partial charge in [-0.05, 0) is 91.8 Å². The van der Waals surface area contributed by atoms with E-state index in [0.29, 0.717) is 35.0 Å². The fraction of sp³-hybridized carbons (Fsp3) is 0.783. The number of hydrogen-bond donors (Lipinski definition) is 4. The minimum atomic E-state index is 0.0822. The number of allylic oxidation sites excluding steroid dienone is 1. The quantitative estimate of drug-likeness (QED) is 0.112. The van der Waals surface area contributed by atoms with E-state index < -0.39 is 0 Å². The third kappa shape index (κ3) is 18.7. The summed E-state index contributed by atoms with van der Waals surface area (Å²) in [5.41, 5.74) is 11.5. The lowest BCUT2D eigenvalue weighted by Gasteiger charge is -2.46. The molecule has 3 aliphatic rings. The van der Waals surface area contributed by atoms with Gasteiger partial charge in [-0.2, -0.15) is 0 Å². The average molecular weight is 730 g/mol. The molecule has 5 N–H and O–H groups in total. The van der Waals surface area contributed by atoms with Gasteiger partial charge in [0, 0.05) is 37.8 Å². The van der Waals surface area contributed by atoms with E-state index in [9.17, 15) is 0 Å². The van der Waals surface area contributed by atoms with Crippen molar-refractivity contribution < 1.29 is 4.74 Å². The van der Waals surface area contributed by atoms with E-state index in [1.165, 1.54) is 57.1 Å². The van der Waals surface area contributed by atoms with Crippen LogP contribution in [0.4, 0.5) is 0 Å². The van der Waals surface area contributed by atoms with Crippen LogP contribution in [0.3, 0.4) is 0 Å². The van der Waals surface area contributed by atoms with Crippen LogP contribution in [0.15, 0.2) is 61.3 Å². The van der Waals surface area contributed by atoms with Crippen molar-refractivity contribution in [1.82, 2.24) is 20.9 Å². The van der Waals surface area contributed by atoms with Crippen molar-refractivity contribution in [3.05, 3.63) is 61.3 Å². The highest BCUT2D eigenvalue weighted by atomic mass is 16.5. The van der Waals surface area contributed by atoms with E-state index in [2.05, 4.69) is 123 Å². The number of rotatable bonds is 17. The summed E-state index contributed by atoms with van der Waals surface area (Å²) in [6, 6.07) is 0.693. The van der Waals surface area contributed by atoms with E-state index in [1.807, 2.05) is 27.8 Å². The van der Waals surface area contributed by atoms with Crippen molar-refractivity contribution in [1.29, 1.82) is 0 Å². The number of ether oxygens (including phenoxy) is 1. The fourth-order valence-corrected chi connectivity index (χ4v) is 7.88. The molecule has 0 bridgehead atoms. The van der Waals surface area contributed by atoms with Crippen molar-refractivity contribution in [2.45, 2.75) is 165 Å². The molecule has 0 amide bonds. The number of likely N-dealkylation sites (N-methyl/N-ethyl adjacent to an activating group) is 1. The summed E-state index contributed by atoms with van der Waals surface area (Å²) < 4.78 is 5.11. The summed E-state index contributed by atoms with van der Waals surface area (Å²) in [5.74, 6) is 2.81. The largest absolute Gasteiger partial charge is 0.399 e. The Morgan fingerprint density at radius 2 is 1.50 bits per heavy atom. The van der Waals surface area contributed by atoms with Crippen LogP contribution in [-0.4, -0.2) is 57.4 Å². The Morgan fingerprint density at radius 1 is 0.981 bits per heavy atom. The predicted molar refractivity (Wildman–Crippen MR) is 234 cm³/mol. The Balaban J connectivity index is 0. The molecule has 2 aliphatic carbocycles. The fourth-order valence-electron chi connectivity index (χ4n) is 7.88. The monoisotopic (exact) mass is 730 g/mol. The van der Waals surface area contributed by atoms with Crippen LogP contribution in [0.25, 0.3) is 0 Å². The zero-order chi connectivity index (χ0) is 40.8. The van der Waals surface area contributed by atoms with Crippen LogP contribution in [-0.2, 0) is 4.74 Å². The van der Waals surface area contributed by atoms with Crippen LogP contribution in [0, 0.1) is 34.5 Å². The van der Waals surface area contributed by atoms with Crippen molar-refractivity contribution in [2.75, 3.05) is 34.4 Å². The number of nitrogens with zero attached hydrogens (tertiary/aromatic N) is 1. The van der Waals surface area contributed by atoms with Gasteiger partial charge in [0.2, 0.25) is 0 Å². The number of nitrogens with one attached hydrogen (secondary N) is 3. The molecular formula is C46H91N5O. The van der Waals surface area contributed by atoms with Gasteiger partial charge >= 0.3 is 0 Å². The van der Waals surface area contributed by atoms with Gasteiger partial charge in [-0.15, -0.1) is 0 Å². The number of likely N-dealkylation sites (tertiary alicyclic amines) is 1. The topological polar surface area (TPSA) is 74.6 Å². The Labute approximate surface area is 326 Å². The zero-order valence-corrected chi connectivity index (χ0v) is 37.5. The molecule has 0 radical (unpaired) electrons. The number of fused-ring (bicyclic) bond motifs is 1. The highest BCUT2D eigenvalue weighted by molar-refractivity contribution is 5.31. The van der Waals surface area contributed by atoms with Gasteiger partial charge in [0.15, 0.2) is 0 Å². The molecule has 0 aromatic carbocycles. The molecule has 0 aromatic heterocycles. The molecule has 1 saturated heterocycles. The maximum absolute atomic E-state index is 6.05. The van der Waals surface area contributed by atoms with Crippen molar-refractivity contribution >= 4 is 0 Å². The van der Waals surface area contributed by atoms with Gasteiger partial charge in [-0.25, -0.2) is 0 Å². The van der Waals surface area contributed by atoms with Gasteiger partial charge in [0.05, 0.1) is 24.7 Å². The van der Waals surface area contributed by atoms with E-state index in [1.54, 1.807) is 7.11 Å². The summed E-state index contributed by atoms with van der Waals surface area (Å²) in [6.45, 7) is 49.1. The Kier molecular flexibility index (Phi) is 26.5. The summed E-state index contributed by atoms with van der Waals surface area (Å²) in [7, 11) is 5.72. The van der Waals surface area contributed by atoms with E-state index in [4.69, 9.17) is 10.5 Å². The molecule has 3 fully saturated rings. The molecule has 3 rings (SSSR count). The molecule has 1 heterocycles. The normalized spacial score (nSPS) is 21.3. The first-order valence-corrected chi connectivity index (χ1v) is 20.8. The first kappa shape index (κ1) is 51.9. The molecule has 2 saturated carbocycles. The second-order valence-corrected chi connectivity index (χ2v) is 17.1. The van der Waals surface area contributed by atoms with Crippen molar-refractivity contribution in [2.24, 2.45) is 40.2 Å². The first-order valence-electron chi connectivity index (χ1n) is 20.8. The minimum Gasteiger partial charge on any atom is -0.399 e. The Bertz CT molecular complexity index is 1040. The van der Waals surface area contributed by atoms with Gasteiger partial charge in [-0.3, -0.25) is 0 Å². The molecule has 6 atom stereocenters. The van der Waals surface area contributed by atoms with Crippen LogP contribution in [0.1, 0.15) is 147 Å². The summed E-state index contributed by atoms with van der Waals surface area (Å²) >= 11 is 0. The lowest BCUT2D eigenvalue weighted by Crippen LogP contribution is -2.51. The van der Waals surface area contributed by atoms with Gasteiger partial charge in [-0.1, -0.05) is 141 Å². The van der Waals surface area contributed by atoms with Gasteiger partial charge in [0.1, 0.15) is 0 Å². The maximum atomic E-state index is 6.05. The van der Waals surface area contributed by atoms with E-state index in [-0.39, 0.29) is 11.5 Å². The lowest BCUT2D eigenvalue weighted by molar-refractivity contribution is 0.0890. The maximum Gasteiger partial charge on any atom is 0.0711 e. The SMILES string of the molecule is C=C(C)NC.C=C(N)C(=C)C(CC(C)CC)NC(=C)C1[C@H]2C[C@H]2CN1C(=C)C(NC)C1(C)CCCCC1.CC.CCC.COCC(C)(C)CC(C)C. The second-order valence-electron chi connectivity index (χ2n) is 17.1. The summed E-state index contributed by atoms with van der Waals surface area (Å²) in [4.78, 5) is 2.57. The molecule has 52 heavy (non-hydrogen) atoms. The van der Waals surface area contributed by atoms with Crippen LogP contribution in [0.2, 0.25) is 0 Å². The van der Waals surface area contributed by atoms with Crippen molar-refractivity contribution in [3.63, 3.8) is 0 Å².